The minimum Gasteiger partial charge on any atom is -0.383 e. The fraction of sp³-hybridized carbons (Fsp3) is 0.333. The van der Waals surface area contributed by atoms with Crippen LogP contribution >= 0.6 is 0 Å². The number of aryl methyl sites for hydroxylation is 2. The summed E-state index contributed by atoms with van der Waals surface area (Å²) >= 11 is 0. The van der Waals surface area contributed by atoms with E-state index in [9.17, 15) is 4.79 Å². The number of nitrogens with two attached hydrogens (primary N) is 1. The Morgan fingerprint density at radius 2 is 1.87 bits per heavy atom. The Kier molecular flexibility index (Phi) is 4.19. The predicted molar refractivity (Wildman–Crippen MR) is 92.7 cm³/mol. The fourth-order valence-corrected chi connectivity index (χ4v) is 3.08. The number of nitrogens with zero attached hydrogens (tertiary/aromatic N) is 3. The van der Waals surface area contributed by atoms with Gasteiger partial charge in [-0.05, 0) is 37.6 Å². The summed E-state index contributed by atoms with van der Waals surface area (Å²) in [6, 6.07) is 9.98. The monoisotopic (exact) mass is 310 g/mol. The number of rotatable bonds is 2. The molecule has 1 aliphatic heterocycles. The van der Waals surface area contributed by atoms with Gasteiger partial charge in [-0.2, -0.15) is 0 Å². The van der Waals surface area contributed by atoms with Gasteiger partial charge in [0.15, 0.2) is 0 Å². The SMILES string of the molecule is Cc1ccc(N2CCN(C(=O)c3cccnc3N)CC2)c(C)c1. The van der Waals surface area contributed by atoms with Gasteiger partial charge in [0.2, 0.25) is 0 Å². The first-order valence-corrected chi connectivity index (χ1v) is 7.88. The van der Waals surface area contributed by atoms with E-state index >= 15 is 0 Å². The maximum atomic E-state index is 12.6. The minimum atomic E-state index is -0.0316. The number of piperazine rings is 1. The topological polar surface area (TPSA) is 62.5 Å². The van der Waals surface area contributed by atoms with Crippen molar-refractivity contribution in [1.82, 2.24) is 9.88 Å². The van der Waals surface area contributed by atoms with Gasteiger partial charge < -0.3 is 15.5 Å². The van der Waals surface area contributed by atoms with Crippen LogP contribution in [0.4, 0.5) is 11.5 Å². The van der Waals surface area contributed by atoms with Crippen molar-refractivity contribution in [3.8, 4) is 0 Å². The van der Waals surface area contributed by atoms with Crippen molar-refractivity contribution in [3.63, 3.8) is 0 Å². The van der Waals surface area contributed by atoms with E-state index in [1.165, 1.54) is 16.8 Å². The van der Waals surface area contributed by atoms with E-state index in [1.54, 1.807) is 18.3 Å². The average Bonchev–Trinajstić information content (AvgIpc) is 2.55. The normalized spacial score (nSPS) is 14.9. The zero-order chi connectivity index (χ0) is 16.4. The highest BCUT2D eigenvalue weighted by Crippen LogP contribution is 2.23. The van der Waals surface area contributed by atoms with Crippen molar-refractivity contribution >= 4 is 17.4 Å². The molecule has 5 heteroatoms. The van der Waals surface area contributed by atoms with E-state index in [1.807, 2.05) is 4.90 Å². The molecule has 0 aliphatic carbocycles. The second-order valence-electron chi connectivity index (χ2n) is 6.01. The number of anilines is 2. The number of carbonyl (C=O) groups excluding carboxylic acids is 1. The lowest BCUT2D eigenvalue weighted by molar-refractivity contribution is 0.0747. The molecule has 1 fully saturated rings. The number of aromatic nitrogens is 1. The second kappa shape index (κ2) is 6.28. The van der Waals surface area contributed by atoms with Gasteiger partial charge in [-0.15, -0.1) is 0 Å². The van der Waals surface area contributed by atoms with E-state index in [4.69, 9.17) is 5.73 Å². The third-order valence-corrected chi connectivity index (χ3v) is 4.33. The van der Waals surface area contributed by atoms with Crippen LogP contribution in [0.25, 0.3) is 0 Å². The van der Waals surface area contributed by atoms with Crippen LogP contribution < -0.4 is 10.6 Å². The minimum absolute atomic E-state index is 0.0316. The quantitative estimate of drug-likeness (QED) is 0.924. The zero-order valence-corrected chi connectivity index (χ0v) is 13.6. The van der Waals surface area contributed by atoms with Crippen LogP contribution in [0.3, 0.4) is 0 Å². The van der Waals surface area contributed by atoms with Crippen molar-refractivity contribution < 1.29 is 4.79 Å². The average molecular weight is 310 g/mol. The number of hydrogen-bond acceptors (Lipinski definition) is 4. The van der Waals surface area contributed by atoms with Crippen molar-refractivity contribution in [3.05, 3.63) is 53.2 Å². The molecule has 2 N–H and O–H groups in total. The molecule has 2 heterocycles. The Hall–Kier alpha value is -2.56. The largest absolute Gasteiger partial charge is 0.383 e. The number of hydrogen-bond donors (Lipinski definition) is 1. The number of carbonyl (C=O) groups is 1. The van der Waals surface area contributed by atoms with Gasteiger partial charge in [-0.3, -0.25) is 4.79 Å². The zero-order valence-electron chi connectivity index (χ0n) is 13.6. The van der Waals surface area contributed by atoms with Crippen LogP contribution in [0, 0.1) is 13.8 Å². The van der Waals surface area contributed by atoms with Gasteiger partial charge in [0.25, 0.3) is 5.91 Å². The number of nitrogen functional groups attached to an aromatic ring is 1. The maximum absolute atomic E-state index is 12.6. The number of pyridine rings is 1. The second-order valence-corrected chi connectivity index (χ2v) is 6.01. The van der Waals surface area contributed by atoms with Crippen molar-refractivity contribution in [2.45, 2.75) is 13.8 Å². The Labute approximate surface area is 136 Å². The number of amides is 1. The van der Waals surface area contributed by atoms with Gasteiger partial charge in [0.1, 0.15) is 5.82 Å². The molecular weight excluding hydrogens is 288 g/mol. The van der Waals surface area contributed by atoms with Crippen LogP contribution in [0.15, 0.2) is 36.5 Å². The molecule has 1 amide bonds. The highest BCUT2D eigenvalue weighted by molar-refractivity contribution is 5.98. The maximum Gasteiger partial charge on any atom is 0.257 e. The van der Waals surface area contributed by atoms with Gasteiger partial charge in [-0.25, -0.2) is 4.98 Å². The first-order valence-electron chi connectivity index (χ1n) is 7.88. The van der Waals surface area contributed by atoms with Gasteiger partial charge in [0.05, 0.1) is 5.56 Å². The van der Waals surface area contributed by atoms with E-state index in [-0.39, 0.29) is 5.91 Å². The standard InChI is InChI=1S/C18H22N4O/c1-13-5-6-16(14(2)12-13)21-8-10-22(11-9-21)18(23)15-4-3-7-20-17(15)19/h3-7,12H,8-11H2,1-2H3,(H2,19,20). The molecule has 0 spiro atoms. The highest BCUT2D eigenvalue weighted by atomic mass is 16.2. The fourth-order valence-electron chi connectivity index (χ4n) is 3.08. The van der Waals surface area contributed by atoms with E-state index in [0.29, 0.717) is 24.5 Å². The molecule has 5 nitrogen and oxygen atoms in total. The Balaban J connectivity index is 1.69. The van der Waals surface area contributed by atoms with E-state index in [2.05, 4.69) is 41.9 Å². The summed E-state index contributed by atoms with van der Waals surface area (Å²) in [6.07, 6.45) is 1.60. The summed E-state index contributed by atoms with van der Waals surface area (Å²) in [6.45, 7) is 7.29. The van der Waals surface area contributed by atoms with Crippen molar-refractivity contribution in [1.29, 1.82) is 0 Å². The molecule has 0 radical (unpaired) electrons. The smallest absolute Gasteiger partial charge is 0.257 e. The van der Waals surface area contributed by atoms with Crippen LogP contribution in [0.2, 0.25) is 0 Å². The summed E-state index contributed by atoms with van der Waals surface area (Å²) in [7, 11) is 0. The molecule has 2 aromatic rings. The Morgan fingerprint density at radius 3 is 2.52 bits per heavy atom. The molecular formula is C18H22N4O. The lowest BCUT2D eigenvalue weighted by Gasteiger charge is -2.37. The molecule has 1 saturated heterocycles. The molecule has 0 saturated carbocycles. The van der Waals surface area contributed by atoms with Crippen LogP contribution in [0.1, 0.15) is 21.5 Å². The third-order valence-electron chi connectivity index (χ3n) is 4.33. The lowest BCUT2D eigenvalue weighted by Crippen LogP contribution is -2.49. The Bertz CT molecular complexity index is 721. The molecule has 1 aliphatic rings. The van der Waals surface area contributed by atoms with E-state index < -0.39 is 0 Å². The molecule has 1 aromatic heterocycles. The van der Waals surface area contributed by atoms with Gasteiger partial charge in [-0.1, -0.05) is 17.7 Å². The molecule has 120 valence electrons. The summed E-state index contributed by atoms with van der Waals surface area (Å²) in [5.74, 6) is 0.269. The van der Waals surface area contributed by atoms with Crippen LogP contribution in [-0.4, -0.2) is 42.0 Å². The van der Waals surface area contributed by atoms with Crippen molar-refractivity contribution in [2.75, 3.05) is 36.8 Å². The molecule has 3 rings (SSSR count). The predicted octanol–water partition coefficient (Wildman–Crippen LogP) is 2.24. The summed E-state index contributed by atoms with van der Waals surface area (Å²) < 4.78 is 0. The van der Waals surface area contributed by atoms with E-state index in [0.717, 1.165) is 13.1 Å². The number of benzene rings is 1. The molecule has 1 aromatic carbocycles. The van der Waals surface area contributed by atoms with Crippen LogP contribution in [-0.2, 0) is 0 Å². The molecule has 0 bridgehead atoms. The molecule has 0 unspecified atom stereocenters. The third kappa shape index (κ3) is 3.13. The van der Waals surface area contributed by atoms with Gasteiger partial charge in [0, 0.05) is 38.1 Å². The van der Waals surface area contributed by atoms with Crippen LogP contribution in [0.5, 0.6) is 0 Å². The molecule has 0 atom stereocenters. The van der Waals surface area contributed by atoms with Gasteiger partial charge >= 0.3 is 0 Å². The first-order chi connectivity index (χ1) is 11.1. The summed E-state index contributed by atoms with van der Waals surface area (Å²) in [5, 5.41) is 0. The summed E-state index contributed by atoms with van der Waals surface area (Å²) in [5.41, 5.74) is 10.1. The first kappa shape index (κ1) is 15.3. The van der Waals surface area contributed by atoms with Crippen molar-refractivity contribution in [2.24, 2.45) is 0 Å². The lowest BCUT2D eigenvalue weighted by atomic mass is 10.1. The molecule has 23 heavy (non-hydrogen) atoms. The Morgan fingerprint density at radius 1 is 1.13 bits per heavy atom. The highest BCUT2D eigenvalue weighted by Gasteiger charge is 2.24. The summed E-state index contributed by atoms with van der Waals surface area (Å²) in [4.78, 5) is 20.8.